The van der Waals surface area contributed by atoms with E-state index in [1.165, 1.54) is 12.1 Å². The highest BCUT2D eigenvalue weighted by Gasteiger charge is 2.26. The molecule has 0 saturated carbocycles. The molecule has 0 unspecified atom stereocenters. The third kappa shape index (κ3) is 3.38. The fraction of sp³-hybridized carbons (Fsp3) is 0.222. The van der Waals surface area contributed by atoms with Gasteiger partial charge in [-0.25, -0.2) is 0 Å². The quantitative estimate of drug-likeness (QED) is 0.823. The average Bonchev–Trinajstić information content (AvgIpc) is 2.61. The minimum atomic E-state index is -0.132. The molecule has 0 aromatic heterocycles. The third-order valence-electron chi connectivity index (χ3n) is 4.08. The fourth-order valence-corrected chi connectivity index (χ4v) is 3.02. The Hall–Kier alpha value is -2.47. The normalized spacial score (nSPS) is 14.5. The number of carbonyl (C=O) groups is 2. The molecule has 0 atom stereocenters. The highest BCUT2D eigenvalue weighted by molar-refractivity contribution is 7.80. The topological polar surface area (TPSA) is 60.9 Å². The maximum absolute atomic E-state index is 12.6. The molecule has 1 aliphatic heterocycles. The van der Waals surface area contributed by atoms with Crippen molar-refractivity contribution in [2.24, 2.45) is 0 Å². The summed E-state index contributed by atoms with van der Waals surface area (Å²) in [7, 11) is 0. The number of rotatable bonds is 2. The van der Waals surface area contributed by atoms with Gasteiger partial charge in [-0.1, -0.05) is 18.2 Å². The number of benzene rings is 2. The van der Waals surface area contributed by atoms with E-state index in [4.69, 9.17) is 0 Å². The Kier molecular flexibility index (Phi) is 4.76. The Morgan fingerprint density at radius 1 is 0.875 bits per heavy atom. The predicted molar refractivity (Wildman–Crippen MR) is 93.6 cm³/mol. The molecule has 2 amide bonds. The van der Waals surface area contributed by atoms with Crippen molar-refractivity contribution in [2.75, 3.05) is 26.2 Å². The highest BCUT2D eigenvalue weighted by Crippen LogP contribution is 2.18. The van der Waals surface area contributed by atoms with Gasteiger partial charge in [0.25, 0.3) is 11.8 Å². The van der Waals surface area contributed by atoms with E-state index in [0.29, 0.717) is 42.2 Å². The maximum Gasteiger partial charge on any atom is 0.255 e. The first-order chi connectivity index (χ1) is 11.6. The molecule has 1 saturated heterocycles. The van der Waals surface area contributed by atoms with Crippen LogP contribution in [0.1, 0.15) is 20.7 Å². The van der Waals surface area contributed by atoms with Gasteiger partial charge in [-0.15, -0.1) is 12.6 Å². The van der Waals surface area contributed by atoms with E-state index in [1.807, 2.05) is 12.1 Å². The summed E-state index contributed by atoms with van der Waals surface area (Å²) in [6.45, 7) is 1.89. The van der Waals surface area contributed by atoms with Crippen LogP contribution in [0.25, 0.3) is 0 Å². The Morgan fingerprint density at radius 2 is 1.50 bits per heavy atom. The molecule has 6 heteroatoms. The van der Waals surface area contributed by atoms with E-state index in [2.05, 4.69) is 12.6 Å². The Balaban J connectivity index is 1.65. The van der Waals surface area contributed by atoms with Gasteiger partial charge in [-0.2, -0.15) is 0 Å². The molecule has 2 aromatic carbocycles. The Morgan fingerprint density at radius 3 is 2.12 bits per heavy atom. The Labute approximate surface area is 145 Å². The molecule has 1 heterocycles. The van der Waals surface area contributed by atoms with E-state index in [1.54, 1.807) is 34.1 Å². The molecule has 0 spiro atoms. The minimum absolute atomic E-state index is 0.0648. The summed E-state index contributed by atoms with van der Waals surface area (Å²) >= 11 is 4.33. The molecular weight excluding hydrogens is 324 g/mol. The zero-order valence-corrected chi connectivity index (χ0v) is 13.9. The van der Waals surface area contributed by atoms with Crippen LogP contribution in [0.4, 0.5) is 0 Å². The van der Waals surface area contributed by atoms with Crippen molar-refractivity contribution in [3.8, 4) is 5.75 Å². The zero-order valence-electron chi connectivity index (χ0n) is 13.1. The van der Waals surface area contributed by atoms with Gasteiger partial charge in [-0.3, -0.25) is 9.59 Å². The third-order valence-corrected chi connectivity index (χ3v) is 4.47. The summed E-state index contributed by atoms with van der Waals surface area (Å²) in [5.74, 6) is -0.127. The molecule has 1 fully saturated rings. The molecule has 3 rings (SSSR count). The number of amides is 2. The molecule has 5 nitrogen and oxygen atoms in total. The maximum atomic E-state index is 12.6. The van der Waals surface area contributed by atoms with Crippen molar-refractivity contribution in [1.82, 2.24) is 9.80 Å². The van der Waals surface area contributed by atoms with Crippen molar-refractivity contribution >= 4 is 24.4 Å². The first-order valence-electron chi connectivity index (χ1n) is 7.72. The molecule has 24 heavy (non-hydrogen) atoms. The Bertz CT molecular complexity index is 770. The number of hydrogen-bond donors (Lipinski definition) is 2. The van der Waals surface area contributed by atoms with Gasteiger partial charge in [0, 0.05) is 36.6 Å². The zero-order chi connectivity index (χ0) is 17.1. The van der Waals surface area contributed by atoms with Crippen molar-refractivity contribution in [3.05, 3.63) is 59.7 Å². The lowest BCUT2D eigenvalue weighted by Gasteiger charge is -2.35. The number of carbonyl (C=O) groups excluding carboxylic acids is 2. The van der Waals surface area contributed by atoms with E-state index in [0.717, 1.165) is 0 Å². The first-order valence-corrected chi connectivity index (χ1v) is 8.16. The molecule has 0 bridgehead atoms. The van der Waals surface area contributed by atoms with Crippen molar-refractivity contribution in [1.29, 1.82) is 0 Å². The second kappa shape index (κ2) is 6.97. The lowest BCUT2D eigenvalue weighted by Crippen LogP contribution is -2.50. The largest absolute Gasteiger partial charge is 0.508 e. The van der Waals surface area contributed by atoms with Crippen LogP contribution >= 0.6 is 12.6 Å². The fourth-order valence-electron chi connectivity index (χ4n) is 2.76. The summed E-state index contributed by atoms with van der Waals surface area (Å²) in [6, 6.07) is 13.5. The molecule has 0 radical (unpaired) electrons. The second-order valence-electron chi connectivity index (χ2n) is 5.65. The van der Waals surface area contributed by atoms with Gasteiger partial charge in [-0.05, 0) is 30.3 Å². The summed E-state index contributed by atoms with van der Waals surface area (Å²) in [6.07, 6.45) is 0. The SMILES string of the molecule is O=C(c1cccc(O)c1)N1CCN(C(=O)c2ccccc2S)CC1. The molecule has 1 aliphatic rings. The van der Waals surface area contributed by atoms with E-state index in [-0.39, 0.29) is 17.6 Å². The van der Waals surface area contributed by atoms with Crippen LogP contribution < -0.4 is 0 Å². The van der Waals surface area contributed by atoms with Gasteiger partial charge in [0.1, 0.15) is 5.75 Å². The number of phenolic OH excluding ortho intramolecular Hbond substituents is 1. The van der Waals surface area contributed by atoms with Gasteiger partial charge >= 0.3 is 0 Å². The number of piperazine rings is 1. The highest BCUT2D eigenvalue weighted by atomic mass is 32.1. The van der Waals surface area contributed by atoms with Crippen LogP contribution in [0.3, 0.4) is 0 Å². The van der Waals surface area contributed by atoms with Crippen LogP contribution in [0.2, 0.25) is 0 Å². The van der Waals surface area contributed by atoms with E-state index in [9.17, 15) is 14.7 Å². The molecule has 1 N–H and O–H groups in total. The summed E-state index contributed by atoms with van der Waals surface area (Å²) in [5.41, 5.74) is 1.03. The standard InChI is InChI=1S/C18H18N2O3S/c21-14-5-3-4-13(12-14)17(22)19-8-10-20(11-9-19)18(23)15-6-1-2-7-16(15)24/h1-7,12,21,24H,8-11H2. The minimum Gasteiger partial charge on any atom is -0.508 e. The molecule has 124 valence electrons. The van der Waals surface area contributed by atoms with Gasteiger partial charge in [0.2, 0.25) is 0 Å². The second-order valence-corrected chi connectivity index (χ2v) is 6.13. The predicted octanol–water partition coefficient (Wildman–Crippen LogP) is 2.28. The van der Waals surface area contributed by atoms with Crippen molar-refractivity contribution < 1.29 is 14.7 Å². The van der Waals surface area contributed by atoms with Gasteiger partial charge in [0.15, 0.2) is 0 Å². The number of hydrogen-bond acceptors (Lipinski definition) is 4. The lowest BCUT2D eigenvalue weighted by molar-refractivity contribution is 0.0533. The molecular formula is C18H18N2O3S. The molecule has 0 aliphatic carbocycles. The number of phenols is 1. The van der Waals surface area contributed by atoms with Gasteiger partial charge < -0.3 is 14.9 Å². The van der Waals surface area contributed by atoms with Gasteiger partial charge in [0.05, 0.1) is 5.56 Å². The van der Waals surface area contributed by atoms with E-state index >= 15 is 0 Å². The summed E-state index contributed by atoms with van der Waals surface area (Å²) in [4.78, 5) is 29.1. The van der Waals surface area contributed by atoms with Crippen molar-refractivity contribution in [2.45, 2.75) is 4.90 Å². The van der Waals surface area contributed by atoms with Crippen LogP contribution in [0.15, 0.2) is 53.4 Å². The summed E-state index contributed by atoms with van der Waals surface area (Å²) in [5, 5.41) is 9.50. The van der Waals surface area contributed by atoms with Crippen molar-refractivity contribution in [3.63, 3.8) is 0 Å². The smallest absolute Gasteiger partial charge is 0.255 e. The molecule has 2 aromatic rings. The monoisotopic (exact) mass is 342 g/mol. The average molecular weight is 342 g/mol. The first kappa shape index (κ1) is 16.4. The van der Waals surface area contributed by atoms with Crippen LogP contribution in [-0.4, -0.2) is 52.9 Å². The van der Waals surface area contributed by atoms with Crippen LogP contribution in [0.5, 0.6) is 5.75 Å². The van der Waals surface area contributed by atoms with Crippen LogP contribution in [0, 0.1) is 0 Å². The number of thiol groups is 1. The van der Waals surface area contributed by atoms with E-state index < -0.39 is 0 Å². The number of nitrogens with zero attached hydrogens (tertiary/aromatic N) is 2. The lowest BCUT2D eigenvalue weighted by atomic mass is 10.1. The van der Waals surface area contributed by atoms with Crippen LogP contribution in [-0.2, 0) is 0 Å². The number of aromatic hydroxyl groups is 1. The summed E-state index contributed by atoms with van der Waals surface area (Å²) < 4.78 is 0.